The first-order valence-electron chi connectivity index (χ1n) is 7.83. The Kier molecular flexibility index (Phi) is 5.22. The van der Waals surface area contributed by atoms with Gasteiger partial charge in [-0.1, -0.05) is 19.8 Å². The Balaban J connectivity index is 1.80. The van der Waals surface area contributed by atoms with E-state index >= 15 is 0 Å². The van der Waals surface area contributed by atoms with Gasteiger partial charge in [0, 0.05) is 19.2 Å². The lowest BCUT2D eigenvalue weighted by atomic mass is 9.88. The zero-order valence-electron chi connectivity index (χ0n) is 12.3. The molecule has 2 fully saturated rings. The average Bonchev–Trinajstić information content (AvgIpc) is 2.83. The minimum atomic E-state index is -0.104. The van der Waals surface area contributed by atoms with Crippen molar-refractivity contribution < 1.29 is 9.53 Å². The average molecular weight is 268 g/mol. The predicted molar refractivity (Wildman–Crippen MR) is 76.1 cm³/mol. The molecule has 0 radical (unpaired) electrons. The van der Waals surface area contributed by atoms with E-state index in [0.29, 0.717) is 6.04 Å². The summed E-state index contributed by atoms with van der Waals surface area (Å²) in [6, 6.07) is 0.322. The summed E-state index contributed by atoms with van der Waals surface area (Å²) >= 11 is 0. The highest BCUT2D eigenvalue weighted by Crippen LogP contribution is 2.39. The molecular weight excluding hydrogens is 240 g/mol. The van der Waals surface area contributed by atoms with Crippen molar-refractivity contribution >= 4 is 5.91 Å². The molecule has 2 aliphatic rings. The van der Waals surface area contributed by atoms with Crippen molar-refractivity contribution in [3.63, 3.8) is 0 Å². The molecule has 4 nitrogen and oxygen atoms in total. The minimum Gasteiger partial charge on any atom is -0.375 e. The number of carbonyl (C=O) groups excluding carboxylic acids is 1. The standard InChI is InChI=1S/C15H28N2O2/c1-3-9-16-14(18)12(2)17-13-6-10-19-15(11-13)7-4-5-8-15/h12-13,17H,3-11H2,1-2H3,(H,16,18). The highest BCUT2D eigenvalue weighted by atomic mass is 16.5. The fraction of sp³-hybridized carbons (Fsp3) is 0.933. The molecule has 1 saturated carbocycles. The molecule has 1 saturated heterocycles. The Labute approximate surface area is 116 Å². The molecule has 1 spiro atoms. The van der Waals surface area contributed by atoms with Crippen LogP contribution in [0.25, 0.3) is 0 Å². The van der Waals surface area contributed by atoms with Gasteiger partial charge in [0.05, 0.1) is 11.6 Å². The summed E-state index contributed by atoms with van der Waals surface area (Å²) < 4.78 is 6.02. The number of nitrogens with one attached hydrogen (secondary N) is 2. The van der Waals surface area contributed by atoms with Crippen LogP contribution in [-0.4, -0.2) is 36.7 Å². The maximum Gasteiger partial charge on any atom is 0.236 e. The van der Waals surface area contributed by atoms with Gasteiger partial charge in [0.25, 0.3) is 0 Å². The van der Waals surface area contributed by atoms with Gasteiger partial charge in [-0.15, -0.1) is 0 Å². The number of carbonyl (C=O) groups is 1. The Morgan fingerprint density at radius 2 is 2.16 bits per heavy atom. The molecule has 4 heteroatoms. The zero-order valence-corrected chi connectivity index (χ0v) is 12.3. The molecule has 1 heterocycles. The fourth-order valence-electron chi connectivity index (χ4n) is 3.37. The summed E-state index contributed by atoms with van der Waals surface area (Å²) in [5.41, 5.74) is 0.121. The van der Waals surface area contributed by atoms with E-state index in [1.807, 2.05) is 6.92 Å². The molecule has 0 aromatic rings. The van der Waals surface area contributed by atoms with Crippen LogP contribution in [0.4, 0.5) is 0 Å². The van der Waals surface area contributed by atoms with Crippen LogP contribution in [0.5, 0.6) is 0 Å². The van der Waals surface area contributed by atoms with E-state index in [9.17, 15) is 4.79 Å². The second-order valence-corrected chi connectivity index (χ2v) is 6.11. The van der Waals surface area contributed by atoms with E-state index in [2.05, 4.69) is 17.6 Å². The molecule has 110 valence electrons. The molecule has 0 bridgehead atoms. The van der Waals surface area contributed by atoms with Gasteiger partial charge in [-0.2, -0.15) is 0 Å². The smallest absolute Gasteiger partial charge is 0.236 e. The molecule has 2 atom stereocenters. The summed E-state index contributed by atoms with van der Waals surface area (Å²) in [5, 5.41) is 6.44. The van der Waals surface area contributed by atoms with Crippen molar-refractivity contribution in [2.45, 2.75) is 76.5 Å². The monoisotopic (exact) mass is 268 g/mol. The van der Waals surface area contributed by atoms with Crippen LogP contribution < -0.4 is 10.6 Å². The number of hydrogen-bond acceptors (Lipinski definition) is 3. The third-order valence-electron chi connectivity index (χ3n) is 4.44. The van der Waals surface area contributed by atoms with Crippen molar-refractivity contribution in [2.24, 2.45) is 0 Å². The number of amides is 1. The predicted octanol–water partition coefficient (Wildman–Crippen LogP) is 1.98. The van der Waals surface area contributed by atoms with Gasteiger partial charge in [-0.25, -0.2) is 0 Å². The largest absolute Gasteiger partial charge is 0.375 e. The van der Waals surface area contributed by atoms with Gasteiger partial charge >= 0.3 is 0 Å². The lowest BCUT2D eigenvalue weighted by molar-refractivity contribution is -0.124. The van der Waals surface area contributed by atoms with E-state index in [0.717, 1.165) is 32.4 Å². The molecular formula is C15H28N2O2. The SMILES string of the molecule is CCCNC(=O)C(C)NC1CCOC2(CCCC2)C1. The maximum atomic E-state index is 11.9. The second-order valence-electron chi connectivity index (χ2n) is 6.11. The van der Waals surface area contributed by atoms with Crippen molar-refractivity contribution in [3.8, 4) is 0 Å². The van der Waals surface area contributed by atoms with E-state index < -0.39 is 0 Å². The van der Waals surface area contributed by atoms with Crippen LogP contribution in [0.1, 0.15) is 58.8 Å². The fourth-order valence-corrected chi connectivity index (χ4v) is 3.37. The number of rotatable bonds is 5. The van der Waals surface area contributed by atoms with Crippen LogP contribution in [0, 0.1) is 0 Å². The molecule has 2 rings (SSSR count). The van der Waals surface area contributed by atoms with E-state index in [-0.39, 0.29) is 17.6 Å². The maximum absolute atomic E-state index is 11.9. The topological polar surface area (TPSA) is 50.4 Å². The molecule has 1 amide bonds. The number of ether oxygens (including phenoxy) is 1. The lowest BCUT2D eigenvalue weighted by Crippen LogP contribution is -2.52. The minimum absolute atomic E-state index is 0.104. The summed E-state index contributed by atoms with van der Waals surface area (Å²) in [5.74, 6) is 0.119. The molecule has 19 heavy (non-hydrogen) atoms. The third kappa shape index (κ3) is 3.93. The van der Waals surface area contributed by atoms with Crippen LogP contribution >= 0.6 is 0 Å². The van der Waals surface area contributed by atoms with Crippen molar-refractivity contribution in [2.75, 3.05) is 13.2 Å². The Hall–Kier alpha value is -0.610. The van der Waals surface area contributed by atoms with Gasteiger partial charge in [0.2, 0.25) is 5.91 Å². The van der Waals surface area contributed by atoms with E-state index in [1.54, 1.807) is 0 Å². The lowest BCUT2D eigenvalue weighted by Gasteiger charge is -2.39. The quantitative estimate of drug-likeness (QED) is 0.801. The summed E-state index contributed by atoms with van der Waals surface area (Å²) in [6.07, 6.45) is 8.05. The second kappa shape index (κ2) is 6.71. The van der Waals surface area contributed by atoms with E-state index in [4.69, 9.17) is 4.74 Å². The summed E-state index contributed by atoms with van der Waals surface area (Å²) in [7, 11) is 0. The van der Waals surface area contributed by atoms with Gasteiger partial charge in [-0.05, 0) is 39.0 Å². The summed E-state index contributed by atoms with van der Waals surface area (Å²) in [4.78, 5) is 11.9. The Morgan fingerprint density at radius 3 is 2.84 bits per heavy atom. The first-order valence-corrected chi connectivity index (χ1v) is 7.83. The van der Waals surface area contributed by atoms with E-state index in [1.165, 1.54) is 25.7 Å². The highest BCUT2D eigenvalue weighted by molar-refractivity contribution is 5.81. The molecule has 2 unspecified atom stereocenters. The van der Waals surface area contributed by atoms with Crippen molar-refractivity contribution in [1.29, 1.82) is 0 Å². The van der Waals surface area contributed by atoms with Gasteiger partial charge in [0.15, 0.2) is 0 Å². The molecule has 0 aromatic carbocycles. The zero-order chi connectivity index (χ0) is 13.7. The summed E-state index contributed by atoms with van der Waals surface area (Å²) in [6.45, 7) is 5.63. The normalized spacial score (nSPS) is 27.4. The van der Waals surface area contributed by atoms with Crippen LogP contribution in [0.3, 0.4) is 0 Å². The van der Waals surface area contributed by atoms with Gasteiger partial charge in [0.1, 0.15) is 0 Å². The number of hydrogen-bond donors (Lipinski definition) is 2. The first kappa shape index (κ1) is 14.8. The molecule has 0 aromatic heterocycles. The molecule has 2 N–H and O–H groups in total. The van der Waals surface area contributed by atoms with Gasteiger partial charge < -0.3 is 15.4 Å². The highest BCUT2D eigenvalue weighted by Gasteiger charge is 2.40. The molecule has 1 aliphatic heterocycles. The van der Waals surface area contributed by atoms with Crippen LogP contribution in [-0.2, 0) is 9.53 Å². The van der Waals surface area contributed by atoms with Crippen LogP contribution in [0.2, 0.25) is 0 Å². The van der Waals surface area contributed by atoms with Gasteiger partial charge in [-0.3, -0.25) is 4.79 Å². The van der Waals surface area contributed by atoms with Crippen LogP contribution in [0.15, 0.2) is 0 Å². The van der Waals surface area contributed by atoms with Crippen molar-refractivity contribution in [3.05, 3.63) is 0 Å². The first-order chi connectivity index (χ1) is 9.15. The Bertz CT molecular complexity index is 301. The third-order valence-corrected chi connectivity index (χ3v) is 4.44. The van der Waals surface area contributed by atoms with Crippen molar-refractivity contribution in [1.82, 2.24) is 10.6 Å². The molecule has 1 aliphatic carbocycles. The Morgan fingerprint density at radius 1 is 1.42 bits per heavy atom.